The van der Waals surface area contributed by atoms with Gasteiger partial charge in [0, 0.05) is 5.56 Å². The van der Waals surface area contributed by atoms with E-state index in [1.54, 1.807) is 14.2 Å². The van der Waals surface area contributed by atoms with E-state index in [-0.39, 0.29) is 6.61 Å². The van der Waals surface area contributed by atoms with Gasteiger partial charge in [-0.25, -0.2) is 4.98 Å². The summed E-state index contributed by atoms with van der Waals surface area (Å²) in [5.74, 6) is 3.12. The van der Waals surface area contributed by atoms with Crippen LogP contribution in [0, 0.1) is 13.8 Å². The number of nitrogens with zero attached hydrogens (tertiary/aromatic N) is 1. The van der Waals surface area contributed by atoms with Crippen LogP contribution in [0.2, 0.25) is 0 Å². The average Bonchev–Trinajstić information content (AvgIpc) is 3.01. The molecule has 0 saturated heterocycles. The summed E-state index contributed by atoms with van der Waals surface area (Å²) in [5, 5.41) is 0. The van der Waals surface area contributed by atoms with Crippen LogP contribution in [0.25, 0.3) is 11.5 Å². The van der Waals surface area contributed by atoms with Crippen molar-refractivity contribution in [3.63, 3.8) is 0 Å². The Morgan fingerprint density at radius 3 is 2.20 bits per heavy atom. The van der Waals surface area contributed by atoms with Crippen LogP contribution in [0.5, 0.6) is 17.2 Å². The molecule has 5 nitrogen and oxygen atoms in total. The molecule has 0 aliphatic carbocycles. The number of aryl methyl sites for hydroxylation is 2. The maximum Gasteiger partial charge on any atom is 0.226 e. The summed E-state index contributed by atoms with van der Waals surface area (Å²) >= 11 is 0. The van der Waals surface area contributed by atoms with Crippen LogP contribution < -0.4 is 14.2 Å². The number of benzene rings is 2. The molecule has 1 aromatic heterocycles. The van der Waals surface area contributed by atoms with Crippen molar-refractivity contribution in [2.24, 2.45) is 0 Å². The van der Waals surface area contributed by atoms with Crippen LogP contribution in [0.15, 0.2) is 46.9 Å². The van der Waals surface area contributed by atoms with E-state index in [4.69, 9.17) is 18.6 Å². The molecule has 5 heteroatoms. The number of rotatable bonds is 6. The third kappa shape index (κ3) is 3.60. The number of methoxy groups -OCH3 is 2. The van der Waals surface area contributed by atoms with Gasteiger partial charge in [0.25, 0.3) is 0 Å². The Bertz CT molecular complexity index is 830. The Morgan fingerprint density at radius 2 is 1.60 bits per heavy atom. The molecule has 3 rings (SSSR count). The van der Waals surface area contributed by atoms with Crippen LogP contribution in [0.3, 0.4) is 0 Å². The first kappa shape index (κ1) is 16.9. The van der Waals surface area contributed by atoms with Crippen molar-refractivity contribution < 1.29 is 18.6 Å². The summed E-state index contributed by atoms with van der Waals surface area (Å²) in [6, 6.07) is 13.6. The quantitative estimate of drug-likeness (QED) is 0.659. The van der Waals surface area contributed by atoms with E-state index >= 15 is 0 Å². The highest BCUT2D eigenvalue weighted by Gasteiger charge is 2.16. The van der Waals surface area contributed by atoms with Crippen molar-refractivity contribution in [2.45, 2.75) is 20.5 Å². The summed E-state index contributed by atoms with van der Waals surface area (Å²) in [5.41, 5.74) is 2.70. The van der Waals surface area contributed by atoms with E-state index in [0.717, 1.165) is 22.6 Å². The molecule has 0 atom stereocenters. The molecule has 2 aromatic carbocycles. The number of ether oxygens (including phenoxy) is 3. The molecule has 0 amide bonds. The molecule has 0 N–H and O–H groups in total. The molecule has 0 radical (unpaired) electrons. The predicted molar refractivity (Wildman–Crippen MR) is 95.3 cm³/mol. The van der Waals surface area contributed by atoms with E-state index in [0.29, 0.717) is 23.1 Å². The van der Waals surface area contributed by atoms with Gasteiger partial charge in [-0.2, -0.15) is 0 Å². The lowest BCUT2D eigenvalue weighted by atomic mass is 10.2. The smallest absolute Gasteiger partial charge is 0.226 e. The second kappa shape index (κ2) is 7.30. The molecule has 0 saturated carbocycles. The topological polar surface area (TPSA) is 53.7 Å². The van der Waals surface area contributed by atoms with Crippen molar-refractivity contribution in [3.05, 3.63) is 59.5 Å². The van der Waals surface area contributed by atoms with Crippen molar-refractivity contribution in [1.82, 2.24) is 4.98 Å². The Kier molecular flexibility index (Phi) is 4.93. The van der Waals surface area contributed by atoms with Crippen LogP contribution in [-0.2, 0) is 6.61 Å². The van der Waals surface area contributed by atoms with E-state index in [1.807, 2.05) is 56.3 Å². The standard InChI is InChI=1S/C20H21NO4/c1-13-10-17(22-3)19(18(11-13)23-4)24-12-16-14(2)25-20(21-16)15-8-6-5-7-9-15/h5-11H,12H2,1-4H3. The fourth-order valence-electron chi connectivity index (χ4n) is 2.56. The Hall–Kier alpha value is -2.95. The highest BCUT2D eigenvalue weighted by molar-refractivity contribution is 5.54. The van der Waals surface area contributed by atoms with E-state index < -0.39 is 0 Å². The third-order valence-corrected chi connectivity index (χ3v) is 3.87. The second-order valence-electron chi connectivity index (χ2n) is 5.68. The fourth-order valence-corrected chi connectivity index (χ4v) is 2.56. The minimum absolute atomic E-state index is 0.262. The van der Waals surface area contributed by atoms with Crippen LogP contribution in [-0.4, -0.2) is 19.2 Å². The molecule has 3 aromatic rings. The zero-order valence-corrected chi connectivity index (χ0v) is 14.8. The van der Waals surface area contributed by atoms with E-state index in [1.165, 1.54) is 0 Å². The first-order valence-electron chi connectivity index (χ1n) is 7.99. The number of hydrogen-bond donors (Lipinski definition) is 0. The monoisotopic (exact) mass is 339 g/mol. The van der Waals surface area contributed by atoms with Gasteiger partial charge < -0.3 is 18.6 Å². The van der Waals surface area contributed by atoms with Gasteiger partial charge >= 0.3 is 0 Å². The molecule has 0 fully saturated rings. The largest absolute Gasteiger partial charge is 0.493 e. The summed E-state index contributed by atoms with van der Waals surface area (Å²) in [6.45, 7) is 4.11. The van der Waals surface area contributed by atoms with Gasteiger partial charge in [-0.15, -0.1) is 0 Å². The lowest BCUT2D eigenvalue weighted by Crippen LogP contribution is -2.02. The van der Waals surface area contributed by atoms with Gasteiger partial charge in [0.05, 0.1) is 14.2 Å². The minimum Gasteiger partial charge on any atom is -0.493 e. The van der Waals surface area contributed by atoms with Gasteiger partial charge in [-0.1, -0.05) is 18.2 Å². The fraction of sp³-hybridized carbons (Fsp3) is 0.250. The van der Waals surface area contributed by atoms with Crippen LogP contribution >= 0.6 is 0 Å². The van der Waals surface area contributed by atoms with Gasteiger partial charge in [0.2, 0.25) is 11.6 Å². The Labute approximate surface area is 147 Å². The van der Waals surface area contributed by atoms with Crippen LogP contribution in [0.1, 0.15) is 17.0 Å². The van der Waals surface area contributed by atoms with Gasteiger partial charge in [-0.05, 0) is 43.7 Å². The lowest BCUT2D eigenvalue weighted by Gasteiger charge is -2.14. The summed E-state index contributed by atoms with van der Waals surface area (Å²) in [6.07, 6.45) is 0. The zero-order chi connectivity index (χ0) is 17.8. The highest BCUT2D eigenvalue weighted by Crippen LogP contribution is 2.39. The maximum atomic E-state index is 5.95. The Morgan fingerprint density at radius 1 is 0.960 bits per heavy atom. The zero-order valence-electron chi connectivity index (χ0n) is 14.8. The molecule has 0 bridgehead atoms. The second-order valence-corrected chi connectivity index (χ2v) is 5.68. The summed E-state index contributed by atoms with van der Waals surface area (Å²) in [7, 11) is 3.21. The van der Waals surface area contributed by atoms with E-state index in [2.05, 4.69) is 4.98 Å². The third-order valence-electron chi connectivity index (χ3n) is 3.87. The average molecular weight is 339 g/mol. The maximum absolute atomic E-state index is 5.95. The lowest BCUT2D eigenvalue weighted by molar-refractivity contribution is 0.261. The first-order chi connectivity index (χ1) is 12.1. The van der Waals surface area contributed by atoms with Gasteiger partial charge in [0.15, 0.2) is 11.5 Å². The van der Waals surface area contributed by atoms with Crippen molar-refractivity contribution in [3.8, 4) is 28.7 Å². The molecule has 0 unspecified atom stereocenters. The summed E-state index contributed by atoms with van der Waals surface area (Å²) < 4.78 is 22.5. The van der Waals surface area contributed by atoms with Gasteiger partial charge in [-0.3, -0.25) is 0 Å². The van der Waals surface area contributed by atoms with Crippen molar-refractivity contribution in [1.29, 1.82) is 0 Å². The molecular weight excluding hydrogens is 318 g/mol. The first-order valence-corrected chi connectivity index (χ1v) is 7.99. The minimum atomic E-state index is 0.262. The predicted octanol–water partition coefficient (Wildman–Crippen LogP) is 4.55. The SMILES string of the molecule is COc1cc(C)cc(OC)c1OCc1nc(-c2ccccc2)oc1C. The highest BCUT2D eigenvalue weighted by atomic mass is 16.5. The molecule has 130 valence electrons. The molecule has 0 aliphatic heterocycles. The van der Waals surface area contributed by atoms with E-state index in [9.17, 15) is 0 Å². The van der Waals surface area contributed by atoms with Crippen LogP contribution in [0.4, 0.5) is 0 Å². The molecule has 0 aliphatic rings. The number of aromatic nitrogens is 1. The normalized spacial score (nSPS) is 10.6. The number of hydrogen-bond acceptors (Lipinski definition) is 5. The molecule has 25 heavy (non-hydrogen) atoms. The molecular formula is C20H21NO4. The van der Waals surface area contributed by atoms with Gasteiger partial charge in [0.1, 0.15) is 18.1 Å². The molecule has 0 spiro atoms. The number of oxazole rings is 1. The molecule has 1 heterocycles. The Balaban J connectivity index is 1.84. The van der Waals surface area contributed by atoms with Crippen molar-refractivity contribution in [2.75, 3.05) is 14.2 Å². The summed E-state index contributed by atoms with van der Waals surface area (Å²) in [4.78, 5) is 4.55. The van der Waals surface area contributed by atoms with Crippen molar-refractivity contribution >= 4 is 0 Å².